The van der Waals surface area contributed by atoms with Crippen LogP contribution in [0.1, 0.15) is 25.8 Å². The molecule has 0 spiro atoms. The van der Waals surface area contributed by atoms with Gasteiger partial charge >= 0.3 is 0 Å². The third kappa shape index (κ3) is 6.81. The highest BCUT2D eigenvalue weighted by Crippen LogP contribution is 2.24. The van der Waals surface area contributed by atoms with E-state index in [0.29, 0.717) is 36.6 Å². The standard InChI is InChI=1S/C15H24ClNO2/c1-4-13(3)17-7-8-18-9-10-19-15-6-5-12(2)11-14(15)16/h5-6,11,13,17H,4,7-10H2,1-3H3/t13-/m1/s1. The van der Waals surface area contributed by atoms with E-state index in [4.69, 9.17) is 21.1 Å². The zero-order chi connectivity index (χ0) is 14.1. The molecule has 0 heterocycles. The highest BCUT2D eigenvalue weighted by molar-refractivity contribution is 6.32. The number of halogens is 1. The van der Waals surface area contributed by atoms with Crippen molar-refractivity contribution in [3.05, 3.63) is 28.8 Å². The maximum Gasteiger partial charge on any atom is 0.138 e. The maximum atomic E-state index is 6.07. The second-order valence-electron chi connectivity index (χ2n) is 4.66. The summed E-state index contributed by atoms with van der Waals surface area (Å²) in [5, 5.41) is 4.02. The molecule has 0 aliphatic heterocycles. The fraction of sp³-hybridized carbons (Fsp3) is 0.600. The molecule has 3 nitrogen and oxygen atoms in total. The number of aryl methyl sites for hydroxylation is 1. The first-order valence-electron chi connectivity index (χ1n) is 6.83. The second-order valence-corrected chi connectivity index (χ2v) is 5.07. The van der Waals surface area contributed by atoms with E-state index in [1.807, 2.05) is 25.1 Å². The van der Waals surface area contributed by atoms with Gasteiger partial charge < -0.3 is 14.8 Å². The topological polar surface area (TPSA) is 30.5 Å². The van der Waals surface area contributed by atoms with E-state index < -0.39 is 0 Å². The van der Waals surface area contributed by atoms with E-state index in [1.165, 1.54) is 0 Å². The Morgan fingerprint density at radius 1 is 1.26 bits per heavy atom. The molecule has 0 saturated carbocycles. The summed E-state index contributed by atoms with van der Waals surface area (Å²) >= 11 is 6.07. The molecule has 0 amide bonds. The van der Waals surface area contributed by atoms with Crippen molar-refractivity contribution in [1.82, 2.24) is 5.32 Å². The lowest BCUT2D eigenvalue weighted by Gasteiger charge is -2.12. The number of rotatable bonds is 9. The summed E-state index contributed by atoms with van der Waals surface area (Å²) in [4.78, 5) is 0. The van der Waals surface area contributed by atoms with Gasteiger partial charge in [0.15, 0.2) is 0 Å². The van der Waals surface area contributed by atoms with Gasteiger partial charge in [0.1, 0.15) is 12.4 Å². The molecule has 4 heteroatoms. The van der Waals surface area contributed by atoms with Crippen LogP contribution in [0.15, 0.2) is 18.2 Å². The average molecular weight is 286 g/mol. The fourth-order valence-electron chi connectivity index (χ4n) is 1.56. The van der Waals surface area contributed by atoms with Crippen molar-refractivity contribution in [3.8, 4) is 5.75 Å². The van der Waals surface area contributed by atoms with Crippen LogP contribution >= 0.6 is 11.6 Å². The van der Waals surface area contributed by atoms with Crippen molar-refractivity contribution in [2.45, 2.75) is 33.2 Å². The van der Waals surface area contributed by atoms with Crippen molar-refractivity contribution < 1.29 is 9.47 Å². The molecule has 1 aromatic carbocycles. The molecular formula is C15H24ClNO2. The molecule has 0 bridgehead atoms. The molecule has 0 saturated heterocycles. The molecule has 0 radical (unpaired) electrons. The Kier molecular flexibility index (Phi) is 7.87. The van der Waals surface area contributed by atoms with Crippen molar-refractivity contribution in [1.29, 1.82) is 0 Å². The lowest BCUT2D eigenvalue weighted by atomic mass is 10.2. The first-order chi connectivity index (χ1) is 9.13. The minimum absolute atomic E-state index is 0.520. The molecule has 0 aromatic heterocycles. The van der Waals surface area contributed by atoms with Crippen LogP contribution < -0.4 is 10.1 Å². The monoisotopic (exact) mass is 285 g/mol. The zero-order valence-corrected chi connectivity index (χ0v) is 12.8. The lowest BCUT2D eigenvalue weighted by Crippen LogP contribution is -2.29. The van der Waals surface area contributed by atoms with Crippen LogP contribution in [-0.2, 0) is 4.74 Å². The van der Waals surface area contributed by atoms with Crippen LogP contribution in [0.2, 0.25) is 5.02 Å². The van der Waals surface area contributed by atoms with Crippen LogP contribution in [0.3, 0.4) is 0 Å². The smallest absolute Gasteiger partial charge is 0.138 e. The summed E-state index contributed by atoms with van der Waals surface area (Å²) in [6.07, 6.45) is 1.13. The third-order valence-electron chi connectivity index (χ3n) is 2.92. The fourth-order valence-corrected chi connectivity index (χ4v) is 1.85. The SMILES string of the molecule is CC[C@@H](C)NCCOCCOc1ccc(C)cc1Cl. The van der Waals surface area contributed by atoms with Gasteiger partial charge in [-0.1, -0.05) is 24.6 Å². The third-order valence-corrected chi connectivity index (χ3v) is 3.22. The summed E-state index contributed by atoms with van der Waals surface area (Å²) in [5.74, 6) is 0.716. The molecule has 0 aliphatic carbocycles. The van der Waals surface area contributed by atoms with Gasteiger partial charge in [-0.15, -0.1) is 0 Å². The van der Waals surface area contributed by atoms with Crippen LogP contribution in [0.5, 0.6) is 5.75 Å². The van der Waals surface area contributed by atoms with E-state index >= 15 is 0 Å². The van der Waals surface area contributed by atoms with Crippen LogP contribution in [0.25, 0.3) is 0 Å². The molecule has 1 atom stereocenters. The van der Waals surface area contributed by atoms with Crippen molar-refractivity contribution >= 4 is 11.6 Å². The van der Waals surface area contributed by atoms with E-state index in [9.17, 15) is 0 Å². The van der Waals surface area contributed by atoms with Gasteiger partial charge in [-0.05, 0) is 38.0 Å². The number of hydrogen-bond acceptors (Lipinski definition) is 3. The van der Waals surface area contributed by atoms with Gasteiger partial charge in [0.2, 0.25) is 0 Å². The van der Waals surface area contributed by atoms with E-state index in [-0.39, 0.29) is 0 Å². The summed E-state index contributed by atoms with van der Waals surface area (Å²) in [7, 11) is 0. The number of ether oxygens (including phenoxy) is 2. The van der Waals surface area contributed by atoms with E-state index in [2.05, 4.69) is 19.2 Å². The molecule has 1 aromatic rings. The Morgan fingerprint density at radius 2 is 2.05 bits per heavy atom. The quantitative estimate of drug-likeness (QED) is 0.705. The minimum Gasteiger partial charge on any atom is -0.490 e. The van der Waals surface area contributed by atoms with Gasteiger partial charge in [-0.25, -0.2) is 0 Å². The van der Waals surface area contributed by atoms with E-state index in [1.54, 1.807) is 0 Å². The first-order valence-corrected chi connectivity index (χ1v) is 7.21. The minimum atomic E-state index is 0.520. The van der Waals surface area contributed by atoms with Gasteiger partial charge in [0.25, 0.3) is 0 Å². The number of benzene rings is 1. The molecule has 19 heavy (non-hydrogen) atoms. The largest absolute Gasteiger partial charge is 0.490 e. The highest BCUT2D eigenvalue weighted by Gasteiger charge is 2.01. The Morgan fingerprint density at radius 3 is 2.74 bits per heavy atom. The van der Waals surface area contributed by atoms with Crippen molar-refractivity contribution in [3.63, 3.8) is 0 Å². The summed E-state index contributed by atoms with van der Waals surface area (Å²) in [5.41, 5.74) is 1.13. The van der Waals surface area contributed by atoms with Gasteiger partial charge in [0.05, 0.1) is 18.2 Å². The molecule has 108 valence electrons. The van der Waals surface area contributed by atoms with Gasteiger partial charge in [0, 0.05) is 12.6 Å². The lowest BCUT2D eigenvalue weighted by molar-refractivity contribution is 0.100. The maximum absolute atomic E-state index is 6.07. The molecule has 0 aliphatic rings. The molecule has 1 N–H and O–H groups in total. The zero-order valence-electron chi connectivity index (χ0n) is 12.0. The van der Waals surface area contributed by atoms with Gasteiger partial charge in [-0.2, -0.15) is 0 Å². The van der Waals surface area contributed by atoms with Crippen LogP contribution in [0, 0.1) is 6.92 Å². The molecular weight excluding hydrogens is 262 g/mol. The van der Waals surface area contributed by atoms with Crippen molar-refractivity contribution in [2.75, 3.05) is 26.4 Å². The number of nitrogens with one attached hydrogen (secondary N) is 1. The molecule has 1 rings (SSSR count). The Labute approximate surface area is 121 Å². The second kappa shape index (κ2) is 9.18. The van der Waals surface area contributed by atoms with E-state index in [0.717, 1.165) is 18.5 Å². The predicted molar refractivity (Wildman–Crippen MR) is 80.3 cm³/mol. The summed E-state index contributed by atoms with van der Waals surface area (Å²) in [6.45, 7) is 9.01. The summed E-state index contributed by atoms with van der Waals surface area (Å²) < 4.78 is 11.0. The highest BCUT2D eigenvalue weighted by atomic mass is 35.5. The Balaban J connectivity index is 2.07. The molecule has 0 fully saturated rings. The predicted octanol–water partition coefficient (Wildman–Crippen LogP) is 3.43. The Bertz CT molecular complexity index is 371. The average Bonchev–Trinajstić information content (AvgIpc) is 2.39. The first kappa shape index (κ1) is 16.3. The number of hydrogen-bond donors (Lipinski definition) is 1. The Hall–Kier alpha value is -0.770. The van der Waals surface area contributed by atoms with Gasteiger partial charge in [-0.3, -0.25) is 0 Å². The normalized spacial score (nSPS) is 12.4. The van der Waals surface area contributed by atoms with Crippen LogP contribution in [0.4, 0.5) is 0 Å². The van der Waals surface area contributed by atoms with Crippen molar-refractivity contribution in [2.24, 2.45) is 0 Å². The summed E-state index contributed by atoms with van der Waals surface area (Å²) in [6, 6.07) is 6.32. The van der Waals surface area contributed by atoms with Crippen LogP contribution in [-0.4, -0.2) is 32.4 Å². The molecule has 0 unspecified atom stereocenters.